The first-order chi connectivity index (χ1) is 27.6. The number of carbonyl (C=O) groups is 1. The van der Waals surface area contributed by atoms with E-state index < -0.39 is 0 Å². The predicted octanol–water partition coefficient (Wildman–Crippen LogP) is 12.4. The highest BCUT2D eigenvalue weighted by Crippen LogP contribution is 2.44. The van der Waals surface area contributed by atoms with E-state index in [9.17, 15) is 4.79 Å². The molecule has 0 aliphatic rings. The van der Waals surface area contributed by atoms with Crippen molar-refractivity contribution in [3.8, 4) is 67.3 Å². The number of amides is 1. The maximum atomic E-state index is 11.6. The molecule has 9 aromatic rings. The predicted molar refractivity (Wildman–Crippen MR) is 234 cm³/mol. The largest absolute Gasteiger partial charge is 0.386 e. The van der Waals surface area contributed by atoms with Gasteiger partial charge in [0.25, 0.3) is 0 Å². The maximum absolute atomic E-state index is 11.6. The number of carbonyl (C=O) groups excluding carboxylic acids is 1. The van der Waals surface area contributed by atoms with Crippen molar-refractivity contribution in [2.45, 2.75) is 0 Å². The summed E-state index contributed by atoms with van der Waals surface area (Å²) >= 11 is 0. The van der Waals surface area contributed by atoms with Gasteiger partial charge in [0.2, 0.25) is 6.41 Å². The van der Waals surface area contributed by atoms with Gasteiger partial charge in [0.15, 0.2) is 5.82 Å². The van der Waals surface area contributed by atoms with Gasteiger partial charge in [-0.05, 0) is 79.2 Å². The zero-order chi connectivity index (χ0) is 38.0. The van der Waals surface area contributed by atoms with Crippen LogP contribution < -0.4 is 10.2 Å². The Kier molecular flexibility index (Phi) is 9.10. The van der Waals surface area contributed by atoms with Gasteiger partial charge in [-0.1, -0.05) is 158 Å². The van der Waals surface area contributed by atoms with Gasteiger partial charge in [0, 0.05) is 30.8 Å². The SMILES string of the molecule is CNc1ccc(-c2ccc(-c3cc(-c4cccc(-c5c6ccccc6c(-c6ccccc6)c6ccccc56)c4)nc(-c4ccccc4)n3)cc2)cc1N(C)C=O. The molecule has 9 rings (SSSR count). The van der Waals surface area contributed by atoms with E-state index >= 15 is 0 Å². The molecule has 0 saturated carbocycles. The van der Waals surface area contributed by atoms with Gasteiger partial charge in [-0.25, -0.2) is 9.97 Å². The molecular formula is C51H38N4O. The molecule has 0 saturated heterocycles. The lowest BCUT2D eigenvalue weighted by atomic mass is 9.85. The van der Waals surface area contributed by atoms with E-state index in [-0.39, 0.29) is 0 Å². The summed E-state index contributed by atoms with van der Waals surface area (Å²) in [5, 5.41) is 8.05. The molecule has 56 heavy (non-hydrogen) atoms. The number of nitrogens with zero attached hydrogens (tertiary/aromatic N) is 3. The minimum Gasteiger partial charge on any atom is -0.386 e. The topological polar surface area (TPSA) is 58.1 Å². The number of benzene rings is 8. The number of fused-ring (bicyclic) bond motifs is 2. The van der Waals surface area contributed by atoms with Gasteiger partial charge < -0.3 is 10.2 Å². The number of hydrogen-bond acceptors (Lipinski definition) is 4. The fourth-order valence-corrected chi connectivity index (χ4v) is 7.75. The quantitative estimate of drug-likeness (QED) is 0.119. The summed E-state index contributed by atoms with van der Waals surface area (Å²) in [6.45, 7) is 0. The summed E-state index contributed by atoms with van der Waals surface area (Å²) in [7, 11) is 3.61. The summed E-state index contributed by atoms with van der Waals surface area (Å²) in [6.07, 6.45) is 0.821. The van der Waals surface area contributed by atoms with Crippen molar-refractivity contribution < 1.29 is 4.79 Å². The molecule has 0 fully saturated rings. The van der Waals surface area contributed by atoms with Crippen molar-refractivity contribution in [1.29, 1.82) is 0 Å². The van der Waals surface area contributed by atoms with Crippen LogP contribution in [0.25, 0.3) is 88.8 Å². The molecule has 8 aromatic carbocycles. The normalized spacial score (nSPS) is 11.1. The Morgan fingerprint density at radius 3 is 1.52 bits per heavy atom. The highest BCUT2D eigenvalue weighted by atomic mass is 16.1. The van der Waals surface area contributed by atoms with Crippen LogP contribution in [-0.2, 0) is 4.79 Å². The van der Waals surface area contributed by atoms with Crippen LogP contribution in [0.4, 0.5) is 11.4 Å². The van der Waals surface area contributed by atoms with Crippen molar-refractivity contribution in [3.63, 3.8) is 0 Å². The molecule has 5 heteroatoms. The van der Waals surface area contributed by atoms with Crippen LogP contribution in [0.15, 0.2) is 182 Å². The highest BCUT2D eigenvalue weighted by Gasteiger charge is 2.18. The Morgan fingerprint density at radius 1 is 0.446 bits per heavy atom. The average Bonchev–Trinajstić information content (AvgIpc) is 3.28. The minimum absolute atomic E-state index is 0.667. The van der Waals surface area contributed by atoms with Crippen LogP contribution >= 0.6 is 0 Å². The van der Waals surface area contributed by atoms with E-state index in [1.54, 1.807) is 11.9 Å². The Morgan fingerprint density at radius 2 is 0.929 bits per heavy atom. The van der Waals surface area contributed by atoms with Gasteiger partial charge in [0.05, 0.1) is 22.8 Å². The molecule has 0 atom stereocenters. The lowest BCUT2D eigenvalue weighted by Crippen LogP contribution is -2.15. The third-order valence-corrected chi connectivity index (χ3v) is 10.5. The fourth-order valence-electron chi connectivity index (χ4n) is 7.75. The Balaban J connectivity index is 1.17. The van der Waals surface area contributed by atoms with E-state index in [4.69, 9.17) is 9.97 Å². The molecule has 5 nitrogen and oxygen atoms in total. The summed E-state index contributed by atoms with van der Waals surface area (Å²) in [5.41, 5.74) is 13.2. The molecule has 1 heterocycles. The van der Waals surface area contributed by atoms with E-state index in [2.05, 4.69) is 157 Å². The third-order valence-electron chi connectivity index (χ3n) is 10.5. The standard InChI is InChI=1S/C51H38N4O/c1-52-45-29-28-38(31-48(45)55(2)33-56)34-24-26-35(27-25-34)46-32-47(54-51(53-46)37-16-7-4-8-17-37)39-18-13-19-40(30-39)50-43-22-11-9-20-41(43)49(36-14-5-3-6-15-36)42-21-10-12-23-44(42)50/h3-33,52H,1-2H3. The molecule has 0 spiro atoms. The lowest BCUT2D eigenvalue weighted by molar-refractivity contribution is -0.107. The Hall–Kier alpha value is -7.37. The van der Waals surface area contributed by atoms with Crippen molar-refractivity contribution in [1.82, 2.24) is 9.97 Å². The second-order valence-corrected chi connectivity index (χ2v) is 13.9. The van der Waals surface area contributed by atoms with E-state index in [0.29, 0.717) is 5.82 Å². The summed E-state index contributed by atoms with van der Waals surface area (Å²) in [4.78, 5) is 23.5. The molecule has 268 valence electrons. The van der Waals surface area contributed by atoms with Crippen molar-refractivity contribution in [3.05, 3.63) is 182 Å². The minimum atomic E-state index is 0.667. The van der Waals surface area contributed by atoms with Crippen LogP contribution in [-0.4, -0.2) is 30.5 Å². The highest BCUT2D eigenvalue weighted by molar-refractivity contribution is 6.21. The van der Waals surface area contributed by atoms with Gasteiger partial charge in [0.1, 0.15) is 0 Å². The van der Waals surface area contributed by atoms with E-state index in [1.807, 2.05) is 37.4 Å². The van der Waals surface area contributed by atoms with Crippen LogP contribution in [0.5, 0.6) is 0 Å². The van der Waals surface area contributed by atoms with Gasteiger partial charge in [-0.15, -0.1) is 0 Å². The average molecular weight is 723 g/mol. The summed E-state index contributed by atoms with van der Waals surface area (Å²) < 4.78 is 0. The Labute approximate surface area is 326 Å². The Bertz CT molecular complexity index is 2810. The zero-order valence-electron chi connectivity index (χ0n) is 31.1. The van der Waals surface area contributed by atoms with Crippen LogP contribution in [0.2, 0.25) is 0 Å². The summed E-state index contributed by atoms with van der Waals surface area (Å²) in [5.74, 6) is 0.667. The summed E-state index contributed by atoms with van der Waals surface area (Å²) in [6, 6.07) is 63.7. The first kappa shape index (κ1) is 34.4. The molecule has 0 bridgehead atoms. The molecule has 1 N–H and O–H groups in total. The lowest BCUT2D eigenvalue weighted by Gasteiger charge is -2.18. The molecule has 0 radical (unpaired) electrons. The number of aromatic nitrogens is 2. The van der Waals surface area contributed by atoms with Crippen molar-refractivity contribution in [2.24, 2.45) is 0 Å². The monoisotopic (exact) mass is 722 g/mol. The second-order valence-electron chi connectivity index (χ2n) is 13.9. The van der Waals surface area contributed by atoms with Crippen LogP contribution in [0, 0.1) is 0 Å². The fraction of sp³-hybridized carbons (Fsp3) is 0.0392. The van der Waals surface area contributed by atoms with Crippen LogP contribution in [0.3, 0.4) is 0 Å². The second kappa shape index (κ2) is 14.8. The van der Waals surface area contributed by atoms with Crippen molar-refractivity contribution >= 4 is 39.3 Å². The van der Waals surface area contributed by atoms with Gasteiger partial charge >= 0.3 is 0 Å². The first-order valence-corrected chi connectivity index (χ1v) is 18.7. The number of hydrogen-bond donors (Lipinski definition) is 1. The molecular weight excluding hydrogens is 685 g/mol. The maximum Gasteiger partial charge on any atom is 0.213 e. The third kappa shape index (κ3) is 6.35. The zero-order valence-corrected chi connectivity index (χ0v) is 31.1. The van der Waals surface area contributed by atoms with E-state index in [1.165, 1.54) is 38.2 Å². The van der Waals surface area contributed by atoms with E-state index in [0.717, 1.165) is 62.6 Å². The number of anilines is 2. The molecule has 1 aromatic heterocycles. The first-order valence-electron chi connectivity index (χ1n) is 18.7. The molecule has 1 amide bonds. The smallest absolute Gasteiger partial charge is 0.213 e. The molecule has 0 aliphatic heterocycles. The number of nitrogens with one attached hydrogen (secondary N) is 1. The molecule has 0 aliphatic carbocycles. The van der Waals surface area contributed by atoms with Crippen molar-refractivity contribution in [2.75, 3.05) is 24.3 Å². The van der Waals surface area contributed by atoms with Gasteiger partial charge in [-0.2, -0.15) is 0 Å². The number of rotatable bonds is 9. The molecule has 0 unspecified atom stereocenters. The van der Waals surface area contributed by atoms with Gasteiger partial charge in [-0.3, -0.25) is 4.79 Å². The van der Waals surface area contributed by atoms with Crippen LogP contribution in [0.1, 0.15) is 0 Å².